The summed E-state index contributed by atoms with van der Waals surface area (Å²) in [4.78, 5) is 2.47. The molecular formula is C18H24N2O. The molecule has 0 saturated carbocycles. The van der Waals surface area contributed by atoms with Crippen LogP contribution in [0, 0.1) is 6.92 Å². The first-order valence-corrected chi connectivity index (χ1v) is 7.85. The van der Waals surface area contributed by atoms with Gasteiger partial charge in [0.25, 0.3) is 0 Å². The van der Waals surface area contributed by atoms with Crippen LogP contribution < -0.4 is 10.2 Å². The molecule has 21 heavy (non-hydrogen) atoms. The Kier molecular flexibility index (Phi) is 4.30. The number of benzene rings is 1. The quantitative estimate of drug-likeness (QED) is 0.922. The number of para-hydroxylation sites is 1. The Morgan fingerprint density at radius 3 is 2.43 bits per heavy atom. The van der Waals surface area contributed by atoms with Gasteiger partial charge in [-0.1, -0.05) is 18.2 Å². The topological polar surface area (TPSA) is 28.4 Å². The number of nitrogens with one attached hydrogen (secondary N) is 1. The van der Waals surface area contributed by atoms with E-state index in [2.05, 4.69) is 53.5 Å². The fourth-order valence-electron chi connectivity index (χ4n) is 3.07. The fourth-order valence-corrected chi connectivity index (χ4v) is 3.07. The van der Waals surface area contributed by atoms with E-state index in [1.54, 1.807) is 0 Å². The van der Waals surface area contributed by atoms with Gasteiger partial charge in [0.1, 0.15) is 11.5 Å². The van der Waals surface area contributed by atoms with Gasteiger partial charge in [-0.25, -0.2) is 0 Å². The Morgan fingerprint density at radius 2 is 1.81 bits per heavy atom. The van der Waals surface area contributed by atoms with Crippen LogP contribution in [0.25, 0.3) is 0 Å². The van der Waals surface area contributed by atoms with Crippen molar-refractivity contribution in [1.82, 2.24) is 5.32 Å². The normalized spacial score (nSPS) is 17.9. The van der Waals surface area contributed by atoms with Gasteiger partial charge in [0, 0.05) is 24.8 Å². The van der Waals surface area contributed by atoms with E-state index in [1.165, 1.54) is 18.5 Å². The molecule has 1 atom stereocenters. The average molecular weight is 284 g/mol. The highest BCUT2D eigenvalue weighted by molar-refractivity contribution is 5.46. The Morgan fingerprint density at radius 1 is 1.10 bits per heavy atom. The summed E-state index contributed by atoms with van der Waals surface area (Å²) in [5.74, 6) is 2.02. The van der Waals surface area contributed by atoms with Crippen molar-refractivity contribution in [3.05, 3.63) is 54.0 Å². The summed E-state index contributed by atoms with van der Waals surface area (Å²) in [5.41, 5.74) is 1.34. The van der Waals surface area contributed by atoms with Crippen LogP contribution in [-0.4, -0.2) is 19.1 Å². The van der Waals surface area contributed by atoms with E-state index in [9.17, 15) is 0 Å². The standard InChI is InChI=1S/C18H24N2O/c1-14-8-9-18(21-14)15(2)19-16-10-12-20(13-11-16)17-6-4-3-5-7-17/h3-9,15-16,19H,10-13H2,1-2H3. The van der Waals surface area contributed by atoms with Crippen molar-refractivity contribution < 1.29 is 4.42 Å². The minimum absolute atomic E-state index is 0.284. The predicted molar refractivity (Wildman–Crippen MR) is 86.7 cm³/mol. The molecule has 1 aliphatic rings. The van der Waals surface area contributed by atoms with Gasteiger partial charge >= 0.3 is 0 Å². The third-order valence-electron chi connectivity index (χ3n) is 4.29. The molecule has 2 aromatic rings. The maximum Gasteiger partial charge on any atom is 0.120 e. The molecule has 1 aromatic carbocycles. The SMILES string of the molecule is Cc1ccc(C(C)NC2CCN(c3ccccc3)CC2)o1. The minimum atomic E-state index is 0.284. The lowest BCUT2D eigenvalue weighted by Gasteiger charge is -2.35. The molecule has 3 nitrogen and oxygen atoms in total. The maximum atomic E-state index is 5.70. The molecule has 1 fully saturated rings. The molecule has 0 radical (unpaired) electrons. The lowest BCUT2D eigenvalue weighted by atomic mass is 10.0. The van der Waals surface area contributed by atoms with Crippen LogP contribution in [0.1, 0.15) is 37.3 Å². The number of rotatable bonds is 4. The van der Waals surface area contributed by atoms with E-state index < -0.39 is 0 Å². The number of aryl methyl sites for hydroxylation is 1. The van der Waals surface area contributed by atoms with Crippen molar-refractivity contribution in [2.45, 2.75) is 38.8 Å². The molecule has 0 bridgehead atoms. The van der Waals surface area contributed by atoms with E-state index in [0.29, 0.717) is 6.04 Å². The van der Waals surface area contributed by atoms with E-state index >= 15 is 0 Å². The van der Waals surface area contributed by atoms with Crippen LogP contribution in [0.15, 0.2) is 46.9 Å². The summed E-state index contributed by atoms with van der Waals surface area (Å²) < 4.78 is 5.70. The van der Waals surface area contributed by atoms with Crippen LogP contribution >= 0.6 is 0 Å². The number of piperidine rings is 1. The average Bonchev–Trinajstić information content (AvgIpc) is 2.96. The highest BCUT2D eigenvalue weighted by atomic mass is 16.3. The van der Waals surface area contributed by atoms with Gasteiger partial charge < -0.3 is 14.6 Å². The third-order valence-corrected chi connectivity index (χ3v) is 4.29. The molecule has 1 unspecified atom stereocenters. The zero-order chi connectivity index (χ0) is 14.7. The van der Waals surface area contributed by atoms with Crippen LogP contribution in [0.4, 0.5) is 5.69 Å². The maximum absolute atomic E-state index is 5.70. The van der Waals surface area contributed by atoms with Crippen molar-refractivity contribution in [1.29, 1.82) is 0 Å². The molecule has 112 valence electrons. The largest absolute Gasteiger partial charge is 0.465 e. The Bertz CT molecular complexity index is 556. The fraction of sp³-hybridized carbons (Fsp3) is 0.444. The summed E-state index contributed by atoms with van der Waals surface area (Å²) in [6, 6.07) is 15.7. The van der Waals surface area contributed by atoms with Crippen LogP contribution in [0.5, 0.6) is 0 Å². The molecule has 1 aromatic heterocycles. The number of hydrogen-bond donors (Lipinski definition) is 1. The molecule has 0 spiro atoms. The van der Waals surface area contributed by atoms with Crippen molar-refractivity contribution in [2.24, 2.45) is 0 Å². The predicted octanol–water partition coefficient (Wildman–Crippen LogP) is 3.91. The molecule has 3 rings (SSSR count). The van der Waals surface area contributed by atoms with Gasteiger partial charge in [-0.05, 0) is 51.0 Å². The van der Waals surface area contributed by atoms with E-state index in [1.807, 2.05) is 13.0 Å². The monoisotopic (exact) mass is 284 g/mol. The van der Waals surface area contributed by atoms with Crippen molar-refractivity contribution in [3.8, 4) is 0 Å². The van der Waals surface area contributed by atoms with E-state index in [4.69, 9.17) is 4.42 Å². The zero-order valence-corrected chi connectivity index (χ0v) is 12.9. The van der Waals surface area contributed by atoms with E-state index in [-0.39, 0.29) is 6.04 Å². The number of anilines is 1. The molecule has 3 heteroatoms. The summed E-state index contributed by atoms with van der Waals surface area (Å²) in [6.07, 6.45) is 2.36. The molecule has 1 saturated heterocycles. The summed E-state index contributed by atoms with van der Waals surface area (Å²) >= 11 is 0. The molecule has 0 amide bonds. The zero-order valence-electron chi connectivity index (χ0n) is 12.9. The van der Waals surface area contributed by atoms with Crippen LogP contribution in [0.2, 0.25) is 0 Å². The first kappa shape index (κ1) is 14.2. The molecule has 0 aliphatic carbocycles. The van der Waals surface area contributed by atoms with Gasteiger partial charge in [-0.2, -0.15) is 0 Å². The third kappa shape index (κ3) is 3.48. The van der Waals surface area contributed by atoms with Crippen molar-refractivity contribution in [2.75, 3.05) is 18.0 Å². The number of furan rings is 1. The number of nitrogens with zero attached hydrogens (tertiary/aromatic N) is 1. The van der Waals surface area contributed by atoms with Gasteiger partial charge in [0.05, 0.1) is 6.04 Å². The highest BCUT2D eigenvalue weighted by Gasteiger charge is 2.21. The van der Waals surface area contributed by atoms with Crippen LogP contribution in [-0.2, 0) is 0 Å². The number of hydrogen-bond acceptors (Lipinski definition) is 3. The van der Waals surface area contributed by atoms with E-state index in [0.717, 1.165) is 24.6 Å². The summed E-state index contributed by atoms with van der Waals surface area (Å²) in [5, 5.41) is 3.70. The highest BCUT2D eigenvalue weighted by Crippen LogP contribution is 2.22. The van der Waals surface area contributed by atoms with Gasteiger partial charge in [0.2, 0.25) is 0 Å². The molecule has 1 aliphatic heterocycles. The van der Waals surface area contributed by atoms with Gasteiger partial charge in [-0.15, -0.1) is 0 Å². The van der Waals surface area contributed by atoms with Gasteiger partial charge in [0.15, 0.2) is 0 Å². The summed E-state index contributed by atoms with van der Waals surface area (Å²) in [6.45, 7) is 6.41. The Hall–Kier alpha value is -1.74. The second kappa shape index (κ2) is 6.35. The summed E-state index contributed by atoms with van der Waals surface area (Å²) in [7, 11) is 0. The van der Waals surface area contributed by atoms with Crippen LogP contribution in [0.3, 0.4) is 0 Å². The molecule has 2 heterocycles. The first-order chi connectivity index (χ1) is 10.2. The lowest BCUT2D eigenvalue weighted by molar-refractivity contribution is 0.343. The van der Waals surface area contributed by atoms with Crippen molar-refractivity contribution >= 4 is 5.69 Å². The first-order valence-electron chi connectivity index (χ1n) is 7.85. The smallest absolute Gasteiger partial charge is 0.120 e. The minimum Gasteiger partial charge on any atom is -0.465 e. The Labute approximate surface area is 127 Å². The van der Waals surface area contributed by atoms with Gasteiger partial charge in [-0.3, -0.25) is 0 Å². The second-order valence-electron chi connectivity index (χ2n) is 5.93. The lowest BCUT2D eigenvalue weighted by Crippen LogP contribution is -2.43. The second-order valence-corrected chi connectivity index (χ2v) is 5.93. The Balaban J connectivity index is 1.52. The molecule has 1 N–H and O–H groups in total. The van der Waals surface area contributed by atoms with Crippen molar-refractivity contribution in [3.63, 3.8) is 0 Å². The molecular weight excluding hydrogens is 260 g/mol.